The molecule has 2 aromatic rings. The number of hydrogen-bond acceptors (Lipinski definition) is 5. The molecule has 1 aromatic heterocycles. The van der Waals surface area contributed by atoms with Crippen LogP contribution in [0.2, 0.25) is 0 Å². The van der Waals surface area contributed by atoms with Crippen LogP contribution < -0.4 is 9.64 Å². The fourth-order valence-electron chi connectivity index (χ4n) is 4.46. The van der Waals surface area contributed by atoms with Gasteiger partial charge >= 0.3 is 0 Å². The highest BCUT2D eigenvalue weighted by Crippen LogP contribution is 2.41. The minimum Gasteiger partial charge on any atom is -0.507 e. The fraction of sp³-hybridized carbons (Fsp3) is 0.417. The van der Waals surface area contributed by atoms with Gasteiger partial charge in [0, 0.05) is 16.9 Å². The number of benzene rings is 1. The normalized spacial score (nSPS) is 22.3. The fourth-order valence-corrected chi connectivity index (χ4v) is 5.31. The second-order valence-corrected chi connectivity index (χ2v) is 9.15. The monoisotopic (exact) mass is 441 g/mol. The molecule has 2 aliphatic rings. The maximum atomic E-state index is 13.1. The molecule has 4 rings (SSSR count). The first-order valence-corrected chi connectivity index (χ1v) is 11.8. The predicted octanol–water partition coefficient (Wildman–Crippen LogP) is 2.42. The van der Waals surface area contributed by atoms with Gasteiger partial charge in [-0.25, -0.2) is 0 Å². The van der Waals surface area contributed by atoms with Crippen LogP contribution in [0.3, 0.4) is 0 Å². The smallest absolute Gasteiger partial charge is 0.295 e. The highest BCUT2D eigenvalue weighted by Gasteiger charge is 2.46. The molecule has 0 unspecified atom stereocenters. The molecule has 0 bridgehead atoms. The number of likely N-dealkylation sites (tertiary alicyclic amines) is 1. The molecule has 1 amide bonds. The van der Waals surface area contributed by atoms with Crippen LogP contribution in [0.1, 0.15) is 42.8 Å². The van der Waals surface area contributed by atoms with Crippen LogP contribution in [-0.2, 0) is 16.0 Å². The van der Waals surface area contributed by atoms with Crippen molar-refractivity contribution in [3.63, 3.8) is 0 Å². The standard InChI is InChI=1S/C24H28N2O4S/c1-4-25(5-2)10-11-26-21(19-7-6-12-31-19)20(23(28)24(26)29)22(27)16-8-9-18-17(14-16)13-15(3)30-18/h6-9,12,14-15,21,27H,4-5,10-11,13H2,1-3H3/p+1/t15-,21+/m1/s1. The molecular formula is C24H29N2O4S+. The van der Waals surface area contributed by atoms with Crippen molar-refractivity contribution in [1.29, 1.82) is 0 Å². The van der Waals surface area contributed by atoms with Gasteiger partial charge in [0.15, 0.2) is 0 Å². The molecule has 1 fully saturated rings. The van der Waals surface area contributed by atoms with Crippen LogP contribution in [0, 0.1) is 0 Å². The maximum Gasteiger partial charge on any atom is 0.295 e. The van der Waals surface area contributed by atoms with Crippen LogP contribution in [0.5, 0.6) is 5.75 Å². The summed E-state index contributed by atoms with van der Waals surface area (Å²) in [6.45, 7) is 9.37. The number of aliphatic hydroxyl groups excluding tert-OH is 1. The SMILES string of the molecule is CC[NH+](CC)CCN1C(=O)C(=O)C(=C(O)c2ccc3c(c2)C[C@@H](C)O3)[C@@H]1c1cccs1. The molecule has 2 N–H and O–H groups in total. The highest BCUT2D eigenvalue weighted by molar-refractivity contribution is 7.10. The summed E-state index contributed by atoms with van der Waals surface area (Å²) in [4.78, 5) is 29.9. The summed E-state index contributed by atoms with van der Waals surface area (Å²) in [5.74, 6) is -0.460. The van der Waals surface area contributed by atoms with Crippen molar-refractivity contribution in [2.24, 2.45) is 0 Å². The zero-order valence-corrected chi connectivity index (χ0v) is 19.0. The van der Waals surface area contributed by atoms with E-state index in [9.17, 15) is 14.7 Å². The van der Waals surface area contributed by atoms with Gasteiger partial charge in [0.1, 0.15) is 17.6 Å². The molecule has 31 heavy (non-hydrogen) atoms. The Kier molecular flexibility index (Phi) is 6.16. The topological polar surface area (TPSA) is 71.3 Å². The first-order chi connectivity index (χ1) is 14.9. The van der Waals surface area contributed by atoms with Crippen molar-refractivity contribution in [2.45, 2.75) is 39.3 Å². The van der Waals surface area contributed by atoms with E-state index in [0.717, 1.165) is 42.2 Å². The molecule has 7 heteroatoms. The number of ether oxygens (including phenoxy) is 1. The summed E-state index contributed by atoms with van der Waals surface area (Å²) in [5, 5.41) is 13.1. The third-order valence-electron chi connectivity index (χ3n) is 6.23. The van der Waals surface area contributed by atoms with E-state index >= 15 is 0 Å². The second kappa shape index (κ2) is 8.85. The van der Waals surface area contributed by atoms with Crippen molar-refractivity contribution < 1.29 is 24.3 Å². The first-order valence-electron chi connectivity index (χ1n) is 10.9. The third-order valence-corrected chi connectivity index (χ3v) is 7.15. The Hall–Kier alpha value is -2.64. The molecule has 2 atom stereocenters. The number of rotatable bonds is 7. The number of nitrogens with one attached hydrogen (secondary N) is 1. The summed E-state index contributed by atoms with van der Waals surface area (Å²) in [6.07, 6.45) is 0.845. The summed E-state index contributed by atoms with van der Waals surface area (Å²) in [7, 11) is 0. The second-order valence-electron chi connectivity index (χ2n) is 8.17. The van der Waals surface area contributed by atoms with Crippen molar-refractivity contribution in [2.75, 3.05) is 26.2 Å². The molecule has 0 radical (unpaired) electrons. The number of hydrogen-bond donors (Lipinski definition) is 2. The van der Waals surface area contributed by atoms with Crippen molar-refractivity contribution in [3.05, 3.63) is 57.3 Å². The summed E-state index contributed by atoms with van der Waals surface area (Å²) in [6, 6.07) is 8.72. The predicted molar refractivity (Wildman–Crippen MR) is 120 cm³/mol. The van der Waals surface area contributed by atoms with E-state index in [0.29, 0.717) is 12.1 Å². The summed E-state index contributed by atoms with van der Waals surface area (Å²) in [5.41, 5.74) is 1.72. The number of carbonyl (C=O) groups excluding carboxylic acids is 2. The lowest BCUT2D eigenvalue weighted by atomic mass is 9.98. The Morgan fingerprint density at radius 1 is 1.26 bits per heavy atom. The average molecular weight is 442 g/mol. The Morgan fingerprint density at radius 3 is 2.71 bits per heavy atom. The van der Waals surface area contributed by atoms with E-state index in [1.54, 1.807) is 11.0 Å². The molecule has 2 aliphatic heterocycles. The van der Waals surface area contributed by atoms with E-state index in [4.69, 9.17) is 4.74 Å². The molecule has 0 spiro atoms. The number of amides is 1. The average Bonchev–Trinajstić information content (AvgIpc) is 3.47. The van der Waals surface area contributed by atoms with Gasteiger partial charge in [-0.05, 0) is 56.0 Å². The Balaban J connectivity index is 1.74. The van der Waals surface area contributed by atoms with Crippen LogP contribution in [-0.4, -0.2) is 54.0 Å². The Bertz CT molecular complexity index is 1010. The largest absolute Gasteiger partial charge is 0.507 e. The van der Waals surface area contributed by atoms with E-state index in [-0.39, 0.29) is 17.4 Å². The van der Waals surface area contributed by atoms with Gasteiger partial charge < -0.3 is 19.6 Å². The van der Waals surface area contributed by atoms with Gasteiger partial charge in [0.2, 0.25) is 0 Å². The number of fused-ring (bicyclic) bond motifs is 1. The lowest BCUT2D eigenvalue weighted by molar-refractivity contribution is -0.895. The van der Waals surface area contributed by atoms with Gasteiger partial charge in [0.05, 0.1) is 37.8 Å². The first kappa shape index (κ1) is 21.6. The van der Waals surface area contributed by atoms with E-state index in [1.807, 2.05) is 36.6 Å². The molecule has 0 saturated carbocycles. The number of aliphatic hydroxyl groups is 1. The van der Waals surface area contributed by atoms with Crippen molar-refractivity contribution in [1.82, 2.24) is 4.90 Å². The summed E-state index contributed by atoms with van der Waals surface area (Å²) < 4.78 is 5.75. The Morgan fingerprint density at radius 2 is 2.03 bits per heavy atom. The van der Waals surface area contributed by atoms with Crippen LogP contribution in [0.15, 0.2) is 41.3 Å². The van der Waals surface area contributed by atoms with E-state index < -0.39 is 17.7 Å². The quantitative estimate of drug-likeness (QED) is 0.393. The molecule has 3 heterocycles. The minimum atomic E-state index is -0.615. The van der Waals surface area contributed by atoms with Gasteiger partial charge in [-0.3, -0.25) is 9.59 Å². The molecular weight excluding hydrogens is 412 g/mol. The van der Waals surface area contributed by atoms with Crippen molar-refractivity contribution >= 4 is 28.8 Å². The third kappa shape index (κ3) is 4.00. The molecule has 1 saturated heterocycles. The van der Waals surface area contributed by atoms with Crippen LogP contribution in [0.25, 0.3) is 5.76 Å². The van der Waals surface area contributed by atoms with Crippen molar-refractivity contribution in [3.8, 4) is 5.75 Å². The highest BCUT2D eigenvalue weighted by atomic mass is 32.1. The molecule has 6 nitrogen and oxygen atoms in total. The number of nitrogens with zero attached hydrogens (tertiary/aromatic N) is 1. The summed E-state index contributed by atoms with van der Waals surface area (Å²) >= 11 is 1.49. The van der Waals surface area contributed by atoms with Gasteiger partial charge in [-0.2, -0.15) is 0 Å². The minimum absolute atomic E-state index is 0.0895. The number of carbonyl (C=O) groups is 2. The molecule has 164 valence electrons. The number of quaternary nitrogens is 1. The van der Waals surface area contributed by atoms with Gasteiger partial charge in [-0.1, -0.05) is 6.07 Å². The lowest BCUT2D eigenvalue weighted by Crippen LogP contribution is -3.12. The van der Waals surface area contributed by atoms with Crippen LogP contribution in [0.4, 0.5) is 0 Å². The zero-order valence-electron chi connectivity index (χ0n) is 18.2. The molecule has 1 aromatic carbocycles. The molecule has 0 aliphatic carbocycles. The number of likely N-dealkylation sites (N-methyl/N-ethyl adjacent to an activating group) is 1. The maximum absolute atomic E-state index is 13.1. The zero-order chi connectivity index (χ0) is 22.1. The number of ketones is 1. The lowest BCUT2D eigenvalue weighted by Gasteiger charge is -2.25. The van der Waals surface area contributed by atoms with E-state index in [1.165, 1.54) is 16.2 Å². The van der Waals surface area contributed by atoms with Crippen LogP contribution >= 0.6 is 11.3 Å². The van der Waals surface area contributed by atoms with E-state index in [2.05, 4.69) is 13.8 Å². The Labute approximate surface area is 186 Å². The number of thiophene rings is 1. The van der Waals surface area contributed by atoms with Gasteiger partial charge in [-0.15, -0.1) is 11.3 Å². The number of Topliss-reactive ketones (excluding diaryl/α,β-unsaturated/α-hetero) is 1. The van der Waals surface area contributed by atoms with Gasteiger partial charge in [0.25, 0.3) is 11.7 Å².